The van der Waals surface area contributed by atoms with Gasteiger partial charge in [0.05, 0.1) is 31.7 Å². The number of hydrogen-bond acceptors (Lipinski definition) is 6. The highest BCUT2D eigenvalue weighted by atomic mass is 19.4. The second-order valence-electron chi connectivity index (χ2n) is 12.9. The van der Waals surface area contributed by atoms with Crippen LogP contribution < -0.4 is 9.47 Å². The van der Waals surface area contributed by atoms with Gasteiger partial charge in [-0.05, 0) is 83.9 Å². The normalized spacial score (nSPS) is 18.4. The van der Waals surface area contributed by atoms with Crippen molar-refractivity contribution in [2.75, 3.05) is 14.2 Å². The molecule has 7 rings (SSSR count). The Hall–Kier alpha value is -5.45. The highest BCUT2D eigenvalue weighted by Crippen LogP contribution is 2.45. The molecule has 2 atom stereocenters. The number of aromatic nitrogens is 3. The number of alkyl halides is 3. The molecule has 1 aliphatic heterocycles. The number of fused-ring (bicyclic) bond motifs is 2. The summed E-state index contributed by atoms with van der Waals surface area (Å²) in [5.41, 5.74) is 4.02. The van der Waals surface area contributed by atoms with Crippen molar-refractivity contribution in [3.63, 3.8) is 0 Å². The van der Waals surface area contributed by atoms with Crippen LogP contribution in [0.5, 0.6) is 11.5 Å². The summed E-state index contributed by atoms with van der Waals surface area (Å²) in [4.78, 5) is 18.9. The number of carbonyl (C=O) groups is 1. The van der Waals surface area contributed by atoms with Crippen LogP contribution in [0.1, 0.15) is 77.9 Å². The van der Waals surface area contributed by atoms with Crippen molar-refractivity contribution in [1.82, 2.24) is 19.6 Å². The van der Waals surface area contributed by atoms with Gasteiger partial charge in [-0.25, -0.2) is 14.5 Å². The van der Waals surface area contributed by atoms with E-state index in [1.165, 1.54) is 11.1 Å². The molecule has 1 aliphatic carbocycles. The Morgan fingerprint density at radius 3 is 2.20 bits per heavy atom. The lowest BCUT2D eigenvalue weighted by Crippen LogP contribution is -2.32. The molecule has 0 saturated heterocycles. The van der Waals surface area contributed by atoms with Gasteiger partial charge in [0.1, 0.15) is 11.5 Å². The molecular weight excluding hydrogens is 643 g/mol. The number of rotatable bonds is 7. The number of carbonyl (C=O) groups excluding carboxylic acids is 1. The van der Waals surface area contributed by atoms with E-state index in [0.29, 0.717) is 15.8 Å². The molecule has 0 radical (unpaired) electrons. The minimum absolute atomic E-state index is 0.0866. The van der Waals surface area contributed by atoms with Crippen molar-refractivity contribution < 1.29 is 27.4 Å². The van der Waals surface area contributed by atoms with E-state index in [4.69, 9.17) is 14.6 Å². The number of halogens is 3. The lowest BCUT2D eigenvalue weighted by atomic mass is 9.77. The lowest BCUT2D eigenvalue weighted by Gasteiger charge is -2.29. The SMILES string of the molecule is COc1ccc(/C=C2\CCC[C@@H]3C2=NN(C(=O)c2cc4nc(-c5ccc(C(C)C)cc5)cc(C(F)(F)F)n4n2)[C@H]3c2ccc(OC)cc2)cc1. The maximum Gasteiger partial charge on any atom is 0.433 e. The topological polar surface area (TPSA) is 81.3 Å². The first-order valence-corrected chi connectivity index (χ1v) is 16.5. The van der Waals surface area contributed by atoms with Crippen LogP contribution in [-0.2, 0) is 6.18 Å². The molecule has 0 spiro atoms. The predicted molar refractivity (Wildman–Crippen MR) is 185 cm³/mol. The van der Waals surface area contributed by atoms with Crippen LogP contribution in [0.25, 0.3) is 23.0 Å². The van der Waals surface area contributed by atoms with Crippen LogP contribution in [0, 0.1) is 5.92 Å². The van der Waals surface area contributed by atoms with Crippen molar-refractivity contribution >= 4 is 23.3 Å². The van der Waals surface area contributed by atoms with E-state index in [1.54, 1.807) is 26.4 Å². The van der Waals surface area contributed by atoms with Crippen LogP contribution in [-0.4, -0.2) is 45.4 Å². The summed E-state index contributed by atoms with van der Waals surface area (Å²) in [5, 5.41) is 10.5. The molecule has 3 heterocycles. The Morgan fingerprint density at radius 1 is 0.920 bits per heavy atom. The molecule has 1 amide bonds. The highest BCUT2D eigenvalue weighted by molar-refractivity contribution is 6.09. The largest absolute Gasteiger partial charge is 0.497 e. The maximum atomic E-state index is 14.5. The van der Waals surface area contributed by atoms with E-state index in [0.717, 1.165) is 59.1 Å². The van der Waals surface area contributed by atoms with Gasteiger partial charge in [0.15, 0.2) is 17.0 Å². The van der Waals surface area contributed by atoms with Crippen molar-refractivity contribution in [3.05, 3.63) is 119 Å². The first-order chi connectivity index (χ1) is 24.0. The zero-order valence-electron chi connectivity index (χ0n) is 28.1. The monoisotopic (exact) mass is 679 g/mol. The van der Waals surface area contributed by atoms with Crippen LogP contribution in [0.3, 0.4) is 0 Å². The smallest absolute Gasteiger partial charge is 0.433 e. The number of benzene rings is 3. The summed E-state index contributed by atoms with van der Waals surface area (Å²) in [6.07, 6.45) is -0.247. The van der Waals surface area contributed by atoms with Crippen molar-refractivity contribution in [1.29, 1.82) is 0 Å². The molecule has 1 fully saturated rings. The third-order valence-electron chi connectivity index (χ3n) is 9.43. The Kier molecular flexibility index (Phi) is 8.67. The van der Waals surface area contributed by atoms with E-state index >= 15 is 0 Å². The summed E-state index contributed by atoms with van der Waals surface area (Å²) in [5.74, 6) is 0.928. The number of amides is 1. The van der Waals surface area contributed by atoms with Crippen LogP contribution in [0.15, 0.2) is 95.6 Å². The molecule has 0 unspecified atom stereocenters. The molecule has 3 aromatic carbocycles. The van der Waals surface area contributed by atoms with Gasteiger partial charge in [-0.3, -0.25) is 4.79 Å². The van der Waals surface area contributed by atoms with E-state index in [2.05, 4.69) is 16.2 Å². The van der Waals surface area contributed by atoms with Gasteiger partial charge in [-0.1, -0.05) is 62.4 Å². The first-order valence-electron chi connectivity index (χ1n) is 16.5. The lowest BCUT2D eigenvalue weighted by molar-refractivity contribution is -0.142. The molecule has 0 N–H and O–H groups in total. The maximum absolute atomic E-state index is 14.5. The fourth-order valence-electron chi connectivity index (χ4n) is 6.79. The zero-order chi connectivity index (χ0) is 35.2. The van der Waals surface area contributed by atoms with Crippen LogP contribution in [0.2, 0.25) is 0 Å². The molecule has 2 aromatic heterocycles. The molecule has 0 bridgehead atoms. The molecular formula is C39H36F3N5O3. The van der Waals surface area contributed by atoms with Crippen molar-refractivity contribution in [2.45, 2.75) is 51.2 Å². The average molecular weight is 680 g/mol. The number of methoxy groups -OCH3 is 2. The highest BCUT2D eigenvalue weighted by Gasteiger charge is 2.45. The van der Waals surface area contributed by atoms with Gasteiger partial charge in [-0.2, -0.15) is 23.4 Å². The van der Waals surface area contributed by atoms with Gasteiger partial charge in [0, 0.05) is 17.5 Å². The van der Waals surface area contributed by atoms with Gasteiger partial charge in [-0.15, -0.1) is 0 Å². The fraction of sp³-hybridized carbons (Fsp3) is 0.282. The van der Waals surface area contributed by atoms with E-state index < -0.39 is 23.8 Å². The number of allylic oxidation sites excluding steroid dienone is 1. The van der Waals surface area contributed by atoms with Crippen molar-refractivity contribution in [3.8, 4) is 22.8 Å². The Balaban J connectivity index is 1.31. The van der Waals surface area contributed by atoms with Crippen LogP contribution in [0.4, 0.5) is 13.2 Å². The van der Waals surface area contributed by atoms with Gasteiger partial charge >= 0.3 is 6.18 Å². The quantitative estimate of drug-likeness (QED) is 0.172. The molecule has 50 heavy (non-hydrogen) atoms. The molecule has 2 aliphatic rings. The molecule has 11 heteroatoms. The third kappa shape index (κ3) is 6.23. The van der Waals surface area contributed by atoms with Crippen LogP contribution >= 0.6 is 0 Å². The minimum atomic E-state index is -4.75. The van der Waals surface area contributed by atoms with Gasteiger partial charge < -0.3 is 9.47 Å². The number of hydrogen-bond donors (Lipinski definition) is 0. The predicted octanol–water partition coefficient (Wildman–Crippen LogP) is 8.99. The van der Waals surface area contributed by atoms with E-state index in [9.17, 15) is 18.0 Å². The summed E-state index contributed by atoms with van der Waals surface area (Å²) >= 11 is 0. The first kappa shape index (κ1) is 33.1. The molecule has 5 aromatic rings. The zero-order valence-corrected chi connectivity index (χ0v) is 28.1. The molecule has 256 valence electrons. The number of nitrogens with zero attached hydrogens (tertiary/aromatic N) is 5. The van der Waals surface area contributed by atoms with Crippen molar-refractivity contribution in [2.24, 2.45) is 11.0 Å². The number of ether oxygens (including phenoxy) is 2. The third-order valence-corrected chi connectivity index (χ3v) is 9.43. The summed E-state index contributed by atoms with van der Waals surface area (Å²) in [6.45, 7) is 4.09. The Morgan fingerprint density at radius 2 is 1.58 bits per heavy atom. The average Bonchev–Trinajstić information content (AvgIpc) is 3.74. The minimum Gasteiger partial charge on any atom is -0.497 e. The Bertz CT molecular complexity index is 2100. The Labute approximate surface area is 287 Å². The number of hydrazone groups is 1. The summed E-state index contributed by atoms with van der Waals surface area (Å²) < 4.78 is 54.8. The molecule has 8 nitrogen and oxygen atoms in total. The van der Waals surface area contributed by atoms with E-state index in [1.807, 2.05) is 74.5 Å². The fourth-order valence-corrected chi connectivity index (χ4v) is 6.79. The summed E-state index contributed by atoms with van der Waals surface area (Å²) in [6, 6.07) is 24.2. The second-order valence-corrected chi connectivity index (χ2v) is 12.9. The molecule has 1 saturated carbocycles. The van der Waals surface area contributed by atoms with Gasteiger partial charge in [0.2, 0.25) is 0 Å². The standard InChI is InChI=1S/C39H36F3N5O3/c1-23(2)25-10-12-26(13-11-25)32-21-34(39(40,41)42)46-35(43-32)22-33(44-46)38(48)47-37(27-14-18-30(50-4)19-15-27)31-7-5-6-28(36(31)45-47)20-24-8-16-29(49-3)17-9-24/h8-23,31,37H,5-7H2,1-4H3/b28-20+/t31-,37+/m1/s1. The van der Waals surface area contributed by atoms with E-state index in [-0.39, 0.29) is 28.9 Å². The summed E-state index contributed by atoms with van der Waals surface area (Å²) in [7, 11) is 3.20. The van der Waals surface area contributed by atoms with Gasteiger partial charge in [0.25, 0.3) is 5.91 Å². The second kappa shape index (κ2) is 13.1.